The minimum atomic E-state index is -0.393. The standard InChI is InChI=1S/C12H13NO3/c1-13-9-7-5-4-6-8(9)11(15-2)10(13)12(14)16-3/h4-7H,1-3H3. The minimum Gasteiger partial charge on any atom is -0.494 e. The summed E-state index contributed by atoms with van der Waals surface area (Å²) >= 11 is 0. The van der Waals surface area contributed by atoms with Gasteiger partial charge in [-0.25, -0.2) is 4.79 Å². The molecule has 0 saturated heterocycles. The lowest BCUT2D eigenvalue weighted by Gasteiger charge is -2.03. The molecular formula is C12H13NO3. The number of benzene rings is 1. The maximum absolute atomic E-state index is 11.7. The molecule has 1 aromatic heterocycles. The van der Waals surface area contributed by atoms with Crippen molar-refractivity contribution in [3.8, 4) is 5.75 Å². The van der Waals surface area contributed by atoms with Gasteiger partial charge < -0.3 is 14.0 Å². The molecule has 2 aromatic rings. The second-order valence-electron chi connectivity index (χ2n) is 3.45. The van der Waals surface area contributed by atoms with Crippen LogP contribution in [0.2, 0.25) is 0 Å². The predicted molar refractivity (Wildman–Crippen MR) is 60.8 cm³/mol. The number of nitrogens with zero attached hydrogens (tertiary/aromatic N) is 1. The number of fused-ring (bicyclic) bond motifs is 1. The number of rotatable bonds is 2. The number of esters is 1. The number of aryl methyl sites for hydroxylation is 1. The molecule has 1 aromatic carbocycles. The van der Waals surface area contributed by atoms with E-state index in [-0.39, 0.29) is 0 Å². The van der Waals surface area contributed by atoms with E-state index in [1.54, 1.807) is 11.7 Å². The summed E-state index contributed by atoms with van der Waals surface area (Å²) in [5.74, 6) is 0.167. The fourth-order valence-electron chi connectivity index (χ4n) is 1.89. The summed E-state index contributed by atoms with van der Waals surface area (Å²) in [6, 6.07) is 7.68. The highest BCUT2D eigenvalue weighted by molar-refractivity contribution is 6.01. The number of ether oxygens (including phenoxy) is 2. The van der Waals surface area contributed by atoms with Gasteiger partial charge in [0.1, 0.15) is 0 Å². The molecule has 0 aliphatic rings. The van der Waals surface area contributed by atoms with Gasteiger partial charge in [0.15, 0.2) is 11.4 Å². The number of methoxy groups -OCH3 is 2. The molecule has 0 saturated carbocycles. The molecule has 4 heteroatoms. The first-order chi connectivity index (χ1) is 7.70. The number of hydrogen-bond donors (Lipinski definition) is 0. The molecule has 1 heterocycles. The zero-order valence-electron chi connectivity index (χ0n) is 9.48. The summed E-state index contributed by atoms with van der Waals surface area (Å²) < 4.78 is 11.8. The van der Waals surface area contributed by atoms with Gasteiger partial charge in [-0.15, -0.1) is 0 Å². The van der Waals surface area contributed by atoms with Crippen LogP contribution < -0.4 is 4.74 Å². The maximum atomic E-state index is 11.7. The molecule has 0 unspecified atom stereocenters. The van der Waals surface area contributed by atoms with Crippen molar-refractivity contribution < 1.29 is 14.3 Å². The number of carbonyl (C=O) groups excluding carboxylic acids is 1. The van der Waals surface area contributed by atoms with E-state index in [4.69, 9.17) is 9.47 Å². The van der Waals surface area contributed by atoms with Gasteiger partial charge in [-0.3, -0.25) is 0 Å². The van der Waals surface area contributed by atoms with E-state index in [0.717, 1.165) is 10.9 Å². The Labute approximate surface area is 93.4 Å². The van der Waals surface area contributed by atoms with Crippen molar-refractivity contribution in [3.63, 3.8) is 0 Å². The van der Waals surface area contributed by atoms with Crippen LogP contribution in [0.25, 0.3) is 10.9 Å². The minimum absolute atomic E-state index is 0.393. The first-order valence-corrected chi connectivity index (χ1v) is 4.90. The Bertz CT molecular complexity index is 542. The molecule has 0 aliphatic heterocycles. The molecule has 16 heavy (non-hydrogen) atoms. The SMILES string of the molecule is COC(=O)c1c(OC)c2ccccc2n1C. The lowest BCUT2D eigenvalue weighted by atomic mass is 10.2. The number of para-hydroxylation sites is 1. The van der Waals surface area contributed by atoms with E-state index in [1.807, 2.05) is 31.3 Å². The molecular weight excluding hydrogens is 206 g/mol. The summed E-state index contributed by atoms with van der Waals surface area (Å²) in [5.41, 5.74) is 1.38. The third kappa shape index (κ3) is 1.34. The lowest BCUT2D eigenvalue weighted by molar-refractivity contribution is 0.0586. The summed E-state index contributed by atoms with van der Waals surface area (Å²) in [4.78, 5) is 11.7. The summed E-state index contributed by atoms with van der Waals surface area (Å²) in [6.07, 6.45) is 0. The van der Waals surface area contributed by atoms with Gasteiger partial charge in [0.2, 0.25) is 0 Å². The van der Waals surface area contributed by atoms with Crippen LogP contribution in [0.1, 0.15) is 10.5 Å². The molecule has 0 bridgehead atoms. The Morgan fingerprint density at radius 1 is 1.25 bits per heavy atom. The topological polar surface area (TPSA) is 40.5 Å². The zero-order valence-corrected chi connectivity index (χ0v) is 9.48. The third-order valence-electron chi connectivity index (χ3n) is 2.64. The Kier molecular flexibility index (Phi) is 2.56. The van der Waals surface area contributed by atoms with Crippen LogP contribution in [0.5, 0.6) is 5.75 Å². The second-order valence-corrected chi connectivity index (χ2v) is 3.45. The van der Waals surface area contributed by atoms with Crippen molar-refractivity contribution in [2.45, 2.75) is 0 Å². The first-order valence-electron chi connectivity index (χ1n) is 4.90. The molecule has 0 aliphatic carbocycles. The average molecular weight is 219 g/mol. The Balaban J connectivity index is 2.81. The Morgan fingerprint density at radius 2 is 1.94 bits per heavy atom. The molecule has 0 fully saturated rings. The molecule has 0 amide bonds. The van der Waals surface area contributed by atoms with Crippen LogP contribution in [-0.2, 0) is 11.8 Å². The van der Waals surface area contributed by atoms with Crippen molar-refractivity contribution in [2.24, 2.45) is 7.05 Å². The first kappa shape index (κ1) is 10.5. The highest BCUT2D eigenvalue weighted by atomic mass is 16.5. The summed E-state index contributed by atoms with van der Waals surface area (Å²) in [5, 5.41) is 0.910. The molecule has 2 rings (SSSR count). The fourth-order valence-corrected chi connectivity index (χ4v) is 1.89. The van der Waals surface area contributed by atoms with E-state index in [2.05, 4.69) is 0 Å². The van der Waals surface area contributed by atoms with E-state index in [0.29, 0.717) is 11.4 Å². The van der Waals surface area contributed by atoms with Crippen LogP contribution in [0.4, 0.5) is 0 Å². The van der Waals surface area contributed by atoms with E-state index in [1.165, 1.54) is 7.11 Å². The van der Waals surface area contributed by atoms with Crippen LogP contribution in [0, 0.1) is 0 Å². The molecule has 4 nitrogen and oxygen atoms in total. The van der Waals surface area contributed by atoms with Crippen molar-refractivity contribution >= 4 is 16.9 Å². The lowest BCUT2D eigenvalue weighted by Crippen LogP contribution is -2.08. The third-order valence-corrected chi connectivity index (χ3v) is 2.64. The predicted octanol–water partition coefficient (Wildman–Crippen LogP) is 1.97. The average Bonchev–Trinajstić information content (AvgIpc) is 2.62. The largest absolute Gasteiger partial charge is 0.494 e. The summed E-state index contributed by atoms with van der Waals surface area (Å²) in [7, 11) is 4.73. The van der Waals surface area contributed by atoms with Gasteiger partial charge in [-0.1, -0.05) is 12.1 Å². The fraction of sp³-hybridized carbons (Fsp3) is 0.250. The summed E-state index contributed by atoms with van der Waals surface area (Å²) in [6.45, 7) is 0. The molecule has 0 atom stereocenters. The number of aromatic nitrogens is 1. The van der Waals surface area contributed by atoms with Gasteiger partial charge in [0.05, 0.1) is 19.7 Å². The van der Waals surface area contributed by atoms with Gasteiger partial charge in [-0.2, -0.15) is 0 Å². The Morgan fingerprint density at radius 3 is 2.56 bits per heavy atom. The maximum Gasteiger partial charge on any atom is 0.358 e. The smallest absolute Gasteiger partial charge is 0.358 e. The molecule has 84 valence electrons. The normalized spacial score (nSPS) is 10.4. The van der Waals surface area contributed by atoms with Crippen molar-refractivity contribution in [1.29, 1.82) is 0 Å². The van der Waals surface area contributed by atoms with Crippen LogP contribution in [0.3, 0.4) is 0 Å². The number of carbonyl (C=O) groups is 1. The van der Waals surface area contributed by atoms with Gasteiger partial charge in [0.25, 0.3) is 0 Å². The monoisotopic (exact) mass is 219 g/mol. The van der Waals surface area contributed by atoms with Crippen molar-refractivity contribution in [1.82, 2.24) is 4.57 Å². The Hall–Kier alpha value is -1.97. The van der Waals surface area contributed by atoms with E-state index < -0.39 is 5.97 Å². The van der Waals surface area contributed by atoms with Crippen LogP contribution >= 0.6 is 0 Å². The van der Waals surface area contributed by atoms with Crippen molar-refractivity contribution in [2.75, 3.05) is 14.2 Å². The van der Waals surface area contributed by atoms with E-state index in [9.17, 15) is 4.79 Å². The van der Waals surface area contributed by atoms with Gasteiger partial charge >= 0.3 is 5.97 Å². The van der Waals surface area contributed by atoms with Crippen molar-refractivity contribution in [3.05, 3.63) is 30.0 Å². The van der Waals surface area contributed by atoms with Crippen LogP contribution in [-0.4, -0.2) is 24.8 Å². The molecule has 0 radical (unpaired) electrons. The van der Waals surface area contributed by atoms with Gasteiger partial charge in [0, 0.05) is 12.4 Å². The molecule has 0 spiro atoms. The zero-order chi connectivity index (χ0) is 11.7. The molecule has 0 N–H and O–H groups in total. The van der Waals surface area contributed by atoms with Crippen LogP contribution in [0.15, 0.2) is 24.3 Å². The highest BCUT2D eigenvalue weighted by Crippen LogP contribution is 2.32. The van der Waals surface area contributed by atoms with E-state index >= 15 is 0 Å². The quantitative estimate of drug-likeness (QED) is 0.725. The highest BCUT2D eigenvalue weighted by Gasteiger charge is 2.21. The second kappa shape index (κ2) is 3.89. The van der Waals surface area contributed by atoms with Gasteiger partial charge in [-0.05, 0) is 12.1 Å². The number of hydrogen-bond acceptors (Lipinski definition) is 3.